The van der Waals surface area contributed by atoms with E-state index in [4.69, 9.17) is 5.11 Å². The van der Waals surface area contributed by atoms with Crippen LogP contribution in [0.25, 0.3) is 0 Å². The SMILES string of the molecule is CC(CNC(=O)c1sccc1C#CCCO)c1nccs1. The number of rotatable bonds is 5. The standard InChI is InChI=1S/C15H16N2O2S2/c1-11(15-16-6-9-21-15)10-17-14(19)13-12(5-8-20-13)4-2-3-7-18/h5-6,8-9,11,18H,3,7,10H2,1H3,(H,17,19). The Labute approximate surface area is 131 Å². The molecular formula is C15H16N2O2S2. The monoisotopic (exact) mass is 320 g/mol. The summed E-state index contributed by atoms with van der Waals surface area (Å²) in [6, 6.07) is 1.83. The number of aliphatic hydroxyl groups excluding tert-OH is 1. The number of aliphatic hydroxyl groups is 1. The van der Waals surface area contributed by atoms with Crippen molar-refractivity contribution in [2.24, 2.45) is 0 Å². The van der Waals surface area contributed by atoms with Gasteiger partial charge in [0.2, 0.25) is 0 Å². The molecule has 0 fully saturated rings. The Bertz CT molecular complexity index is 638. The van der Waals surface area contributed by atoms with E-state index < -0.39 is 0 Å². The van der Waals surface area contributed by atoms with Crippen molar-refractivity contribution in [3.05, 3.63) is 38.5 Å². The number of nitrogens with zero attached hydrogens (tertiary/aromatic N) is 1. The van der Waals surface area contributed by atoms with Gasteiger partial charge in [0.1, 0.15) is 4.88 Å². The Hall–Kier alpha value is -1.68. The van der Waals surface area contributed by atoms with Gasteiger partial charge in [-0.15, -0.1) is 22.7 Å². The molecule has 1 amide bonds. The van der Waals surface area contributed by atoms with E-state index in [9.17, 15) is 4.79 Å². The number of amides is 1. The van der Waals surface area contributed by atoms with Gasteiger partial charge in [-0.3, -0.25) is 4.79 Å². The molecular weight excluding hydrogens is 304 g/mol. The van der Waals surface area contributed by atoms with Crippen LogP contribution >= 0.6 is 22.7 Å². The summed E-state index contributed by atoms with van der Waals surface area (Å²) in [5.41, 5.74) is 0.716. The molecule has 0 spiro atoms. The van der Waals surface area contributed by atoms with Crippen molar-refractivity contribution in [2.45, 2.75) is 19.3 Å². The minimum atomic E-state index is -0.110. The molecule has 1 unspecified atom stereocenters. The third kappa shape index (κ3) is 4.39. The van der Waals surface area contributed by atoms with Crippen molar-refractivity contribution in [3.8, 4) is 11.8 Å². The maximum atomic E-state index is 12.2. The van der Waals surface area contributed by atoms with E-state index in [-0.39, 0.29) is 18.4 Å². The first-order valence-electron chi connectivity index (χ1n) is 6.57. The number of carbonyl (C=O) groups is 1. The fourth-order valence-electron chi connectivity index (χ4n) is 1.69. The first-order valence-corrected chi connectivity index (χ1v) is 8.33. The molecule has 2 rings (SSSR count). The van der Waals surface area contributed by atoms with Gasteiger partial charge < -0.3 is 10.4 Å². The van der Waals surface area contributed by atoms with Crippen LogP contribution in [0, 0.1) is 11.8 Å². The van der Waals surface area contributed by atoms with Crippen LogP contribution in [-0.4, -0.2) is 29.1 Å². The lowest BCUT2D eigenvalue weighted by atomic mass is 10.2. The third-order valence-electron chi connectivity index (χ3n) is 2.77. The largest absolute Gasteiger partial charge is 0.395 e. The number of hydrogen-bond acceptors (Lipinski definition) is 5. The number of thiazole rings is 1. The molecule has 0 aliphatic rings. The Morgan fingerprint density at radius 1 is 1.48 bits per heavy atom. The molecule has 4 nitrogen and oxygen atoms in total. The number of aromatic nitrogens is 1. The second-order valence-electron chi connectivity index (χ2n) is 4.42. The van der Waals surface area contributed by atoms with Gasteiger partial charge in [0, 0.05) is 36.0 Å². The maximum Gasteiger partial charge on any atom is 0.262 e. The second kappa shape index (κ2) is 7.93. The molecule has 0 saturated carbocycles. The summed E-state index contributed by atoms with van der Waals surface area (Å²) in [5.74, 6) is 5.84. The molecule has 2 heterocycles. The maximum absolute atomic E-state index is 12.2. The lowest BCUT2D eigenvalue weighted by Crippen LogP contribution is -2.27. The normalized spacial score (nSPS) is 11.5. The highest BCUT2D eigenvalue weighted by molar-refractivity contribution is 7.12. The van der Waals surface area contributed by atoms with E-state index in [1.165, 1.54) is 11.3 Å². The quantitative estimate of drug-likeness (QED) is 0.832. The van der Waals surface area contributed by atoms with Gasteiger partial charge in [-0.1, -0.05) is 18.8 Å². The number of hydrogen-bond donors (Lipinski definition) is 2. The highest BCUT2D eigenvalue weighted by atomic mass is 32.1. The Kier molecular flexibility index (Phi) is 5.93. The second-order valence-corrected chi connectivity index (χ2v) is 6.26. The van der Waals surface area contributed by atoms with Gasteiger partial charge >= 0.3 is 0 Å². The molecule has 2 aromatic heterocycles. The molecule has 0 bridgehead atoms. The van der Waals surface area contributed by atoms with Crippen LogP contribution in [0.1, 0.15) is 39.5 Å². The van der Waals surface area contributed by atoms with Crippen LogP contribution < -0.4 is 5.32 Å². The Balaban J connectivity index is 1.95. The average molecular weight is 320 g/mol. The smallest absolute Gasteiger partial charge is 0.262 e. The number of carbonyl (C=O) groups excluding carboxylic acids is 1. The molecule has 21 heavy (non-hydrogen) atoms. The number of nitrogens with one attached hydrogen (secondary N) is 1. The lowest BCUT2D eigenvalue weighted by molar-refractivity contribution is 0.0955. The molecule has 0 aliphatic heterocycles. The minimum Gasteiger partial charge on any atom is -0.395 e. The molecule has 110 valence electrons. The lowest BCUT2D eigenvalue weighted by Gasteiger charge is -2.09. The minimum absolute atomic E-state index is 0.0317. The van der Waals surface area contributed by atoms with E-state index in [2.05, 4.69) is 22.1 Å². The van der Waals surface area contributed by atoms with Crippen molar-refractivity contribution in [2.75, 3.05) is 13.2 Å². The summed E-state index contributed by atoms with van der Waals surface area (Å²) < 4.78 is 0. The Morgan fingerprint density at radius 3 is 3.05 bits per heavy atom. The van der Waals surface area contributed by atoms with Crippen LogP contribution in [0.4, 0.5) is 0 Å². The molecule has 0 saturated heterocycles. The van der Waals surface area contributed by atoms with Gasteiger partial charge in [-0.25, -0.2) is 4.98 Å². The summed E-state index contributed by atoms with van der Waals surface area (Å²) in [6.07, 6.45) is 2.18. The summed E-state index contributed by atoms with van der Waals surface area (Å²) in [7, 11) is 0. The fourth-order valence-corrected chi connectivity index (χ4v) is 3.15. The van der Waals surface area contributed by atoms with Gasteiger partial charge in [0.25, 0.3) is 5.91 Å². The summed E-state index contributed by atoms with van der Waals surface area (Å²) in [6.45, 7) is 2.62. The molecule has 0 aromatic carbocycles. The van der Waals surface area contributed by atoms with Crippen molar-refractivity contribution in [1.82, 2.24) is 10.3 Å². The Morgan fingerprint density at radius 2 is 2.33 bits per heavy atom. The van der Waals surface area contributed by atoms with Gasteiger partial charge in [-0.05, 0) is 11.4 Å². The first kappa shape index (κ1) is 15.7. The predicted molar refractivity (Wildman–Crippen MR) is 85.8 cm³/mol. The van der Waals surface area contributed by atoms with Crippen molar-refractivity contribution in [3.63, 3.8) is 0 Å². The molecule has 1 atom stereocenters. The topological polar surface area (TPSA) is 62.2 Å². The van der Waals surface area contributed by atoms with E-state index in [1.54, 1.807) is 17.5 Å². The van der Waals surface area contributed by atoms with Crippen LogP contribution in [0.5, 0.6) is 0 Å². The molecule has 2 N–H and O–H groups in total. The third-order valence-corrected chi connectivity index (χ3v) is 4.69. The average Bonchev–Trinajstić information content (AvgIpc) is 3.15. The van der Waals surface area contributed by atoms with Crippen LogP contribution in [0.2, 0.25) is 0 Å². The van der Waals surface area contributed by atoms with Crippen molar-refractivity contribution >= 4 is 28.6 Å². The first-order chi connectivity index (χ1) is 10.2. The summed E-state index contributed by atoms with van der Waals surface area (Å²) in [4.78, 5) is 17.1. The van der Waals surface area contributed by atoms with E-state index in [0.717, 1.165) is 5.01 Å². The number of thiophene rings is 1. The van der Waals surface area contributed by atoms with E-state index >= 15 is 0 Å². The molecule has 2 aromatic rings. The highest BCUT2D eigenvalue weighted by Crippen LogP contribution is 2.18. The molecule has 6 heteroatoms. The molecule has 0 aliphatic carbocycles. The zero-order valence-corrected chi connectivity index (χ0v) is 13.3. The fraction of sp³-hybridized carbons (Fsp3) is 0.333. The highest BCUT2D eigenvalue weighted by Gasteiger charge is 2.14. The van der Waals surface area contributed by atoms with Gasteiger partial charge in [0.05, 0.1) is 11.6 Å². The summed E-state index contributed by atoms with van der Waals surface area (Å²) in [5, 5.41) is 16.4. The predicted octanol–water partition coefficient (Wildman–Crippen LogP) is 2.47. The van der Waals surface area contributed by atoms with E-state index in [0.29, 0.717) is 23.4 Å². The van der Waals surface area contributed by atoms with E-state index in [1.807, 2.05) is 23.8 Å². The van der Waals surface area contributed by atoms with Gasteiger partial charge in [-0.2, -0.15) is 0 Å². The van der Waals surface area contributed by atoms with Gasteiger partial charge in [0.15, 0.2) is 0 Å². The van der Waals surface area contributed by atoms with Crippen LogP contribution in [0.15, 0.2) is 23.0 Å². The van der Waals surface area contributed by atoms with Crippen LogP contribution in [-0.2, 0) is 0 Å². The zero-order valence-electron chi connectivity index (χ0n) is 11.6. The molecule has 0 radical (unpaired) electrons. The summed E-state index contributed by atoms with van der Waals surface area (Å²) >= 11 is 2.97. The van der Waals surface area contributed by atoms with Crippen LogP contribution in [0.3, 0.4) is 0 Å². The zero-order chi connectivity index (χ0) is 15.1. The van der Waals surface area contributed by atoms with Crippen molar-refractivity contribution in [1.29, 1.82) is 0 Å². The van der Waals surface area contributed by atoms with Crippen molar-refractivity contribution < 1.29 is 9.90 Å².